The number of carbonyl (C=O) groups excluding carboxylic acids is 3. The number of rotatable bonds is 8. The van der Waals surface area contributed by atoms with Crippen molar-refractivity contribution < 1.29 is 14.4 Å². The normalized spacial score (nSPS) is 15.0. The molecule has 4 amide bonds. The molecule has 8 heteroatoms. The van der Waals surface area contributed by atoms with Crippen LogP contribution in [0, 0.1) is 11.3 Å². The third-order valence-electron chi connectivity index (χ3n) is 7.59. The summed E-state index contributed by atoms with van der Waals surface area (Å²) in [6, 6.07) is 30.5. The van der Waals surface area contributed by atoms with Crippen molar-refractivity contribution >= 4 is 34.3 Å². The summed E-state index contributed by atoms with van der Waals surface area (Å²) in [7, 11) is 1.74. The molecule has 0 radical (unpaired) electrons. The molecule has 1 aliphatic rings. The number of nitriles is 1. The molecular formula is C34H33N5O3. The van der Waals surface area contributed by atoms with Gasteiger partial charge in [-0.15, -0.1) is 0 Å². The van der Waals surface area contributed by atoms with Gasteiger partial charge in [0.05, 0.1) is 11.6 Å². The van der Waals surface area contributed by atoms with E-state index in [0.717, 1.165) is 21.9 Å². The molecule has 0 spiro atoms. The fourth-order valence-corrected chi connectivity index (χ4v) is 5.38. The average Bonchev–Trinajstić information content (AvgIpc) is 3.52. The predicted octanol–water partition coefficient (Wildman–Crippen LogP) is 5.09. The Labute approximate surface area is 245 Å². The van der Waals surface area contributed by atoms with Crippen molar-refractivity contribution in [2.45, 2.75) is 37.9 Å². The van der Waals surface area contributed by atoms with E-state index in [9.17, 15) is 14.4 Å². The average molecular weight is 560 g/mol. The fraction of sp³-hybridized carbons (Fsp3) is 0.235. The van der Waals surface area contributed by atoms with Gasteiger partial charge in [0, 0.05) is 32.2 Å². The van der Waals surface area contributed by atoms with Gasteiger partial charge in [-0.1, -0.05) is 72.8 Å². The van der Waals surface area contributed by atoms with Gasteiger partial charge in [-0.05, 0) is 59.0 Å². The van der Waals surface area contributed by atoms with Crippen LogP contribution in [0.3, 0.4) is 0 Å². The van der Waals surface area contributed by atoms with Crippen LogP contribution in [0.5, 0.6) is 0 Å². The molecule has 2 N–H and O–H groups in total. The molecule has 4 aromatic carbocycles. The molecule has 0 bridgehead atoms. The van der Waals surface area contributed by atoms with Crippen LogP contribution in [0.15, 0.2) is 97.1 Å². The minimum atomic E-state index is -0.809. The van der Waals surface area contributed by atoms with Gasteiger partial charge in [0.1, 0.15) is 12.1 Å². The molecule has 0 aromatic heterocycles. The van der Waals surface area contributed by atoms with Crippen LogP contribution in [0.1, 0.15) is 29.5 Å². The summed E-state index contributed by atoms with van der Waals surface area (Å²) >= 11 is 0. The number of nitrogens with one attached hydrogen (secondary N) is 2. The van der Waals surface area contributed by atoms with Crippen molar-refractivity contribution in [3.8, 4) is 6.07 Å². The number of amides is 4. The molecule has 0 unspecified atom stereocenters. The molecule has 1 fully saturated rings. The van der Waals surface area contributed by atoms with E-state index in [-0.39, 0.29) is 11.8 Å². The summed E-state index contributed by atoms with van der Waals surface area (Å²) in [5.41, 5.74) is 2.95. The molecule has 0 aliphatic carbocycles. The Morgan fingerprint density at radius 3 is 2.38 bits per heavy atom. The van der Waals surface area contributed by atoms with Crippen LogP contribution in [0.4, 0.5) is 10.5 Å². The molecule has 5 rings (SSSR count). The van der Waals surface area contributed by atoms with E-state index in [1.165, 1.54) is 4.90 Å². The van der Waals surface area contributed by atoms with Crippen LogP contribution >= 0.6 is 0 Å². The summed E-state index contributed by atoms with van der Waals surface area (Å²) in [6.45, 7) is 0.837. The van der Waals surface area contributed by atoms with Gasteiger partial charge in [0.25, 0.3) is 0 Å². The quantitative estimate of drug-likeness (QED) is 0.314. The molecule has 212 valence electrons. The Morgan fingerprint density at radius 2 is 1.64 bits per heavy atom. The number of fused-ring (bicyclic) bond motifs is 1. The molecule has 1 saturated heterocycles. The molecule has 0 saturated carbocycles. The minimum absolute atomic E-state index is 0.202. The zero-order valence-electron chi connectivity index (χ0n) is 23.5. The van der Waals surface area contributed by atoms with Gasteiger partial charge >= 0.3 is 6.03 Å². The highest BCUT2D eigenvalue weighted by atomic mass is 16.2. The number of hydrogen-bond donors (Lipinski definition) is 2. The van der Waals surface area contributed by atoms with Gasteiger partial charge in [-0.2, -0.15) is 5.26 Å². The van der Waals surface area contributed by atoms with Crippen LogP contribution in [0.2, 0.25) is 0 Å². The van der Waals surface area contributed by atoms with Gasteiger partial charge in [0.15, 0.2) is 0 Å². The molecule has 1 aliphatic heterocycles. The second kappa shape index (κ2) is 13.0. The largest absolute Gasteiger partial charge is 0.342 e. The highest BCUT2D eigenvalue weighted by Gasteiger charge is 2.36. The molecule has 42 heavy (non-hydrogen) atoms. The molecule has 1 heterocycles. The first kappa shape index (κ1) is 28.4. The summed E-state index contributed by atoms with van der Waals surface area (Å²) in [5, 5.41) is 17.0. The smallest absolute Gasteiger partial charge is 0.322 e. The standard InChI is InChI=1S/C34H33N5O3/c1-38(23-25-8-3-2-4-9-25)33(41)30(21-26-13-16-27-10-5-6-11-28(27)20-26)37-32(40)31-12-7-19-39(31)34(42)36-29-17-14-24(22-35)15-18-29/h2-6,8-11,13-18,20,30-31H,7,12,19,21,23H2,1H3,(H,36,42)(H,37,40)/t30-,31-/m0/s1. The second-order valence-electron chi connectivity index (χ2n) is 10.6. The second-order valence-corrected chi connectivity index (χ2v) is 10.6. The van der Waals surface area contributed by atoms with Crippen molar-refractivity contribution in [2.75, 3.05) is 18.9 Å². The van der Waals surface area contributed by atoms with E-state index in [0.29, 0.717) is 43.6 Å². The van der Waals surface area contributed by atoms with E-state index in [1.54, 1.807) is 36.2 Å². The third-order valence-corrected chi connectivity index (χ3v) is 7.59. The third kappa shape index (κ3) is 6.76. The van der Waals surface area contributed by atoms with Crippen molar-refractivity contribution in [3.63, 3.8) is 0 Å². The van der Waals surface area contributed by atoms with Crippen molar-refractivity contribution in [2.24, 2.45) is 0 Å². The van der Waals surface area contributed by atoms with Gasteiger partial charge in [-0.3, -0.25) is 9.59 Å². The number of likely N-dealkylation sites (N-methyl/N-ethyl adjacent to an activating group) is 1. The Hall–Kier alpha value is -5.16. The number of likely N-dealkylation sites (tertiary alicyclic amines) is 1. The fourth-order valence-electron chi connectivity index (χ4n) is 5.38. The van der Waals surface area contributed by atoms with Crippen LogP contribution < -0.4 is 10.6 Å². The van der Waals surface area contributed by atoms with E-state index in [4.69, 9.17) is 5.26 Å². The Kier molecular flexibility index (Phi) is 8.78. The van der Waals surface area contributed by atoms with Crippen LogP contribution in [0.25, 0.3) is 10.8 Å². The maximum Gasteiger partial charge on any atom is 0.322 e. The molecule has 2 atom stereocenters. The first-order valence-electron chi connectivity index (χ1n) is 14.1. The maximum absolute atomic E-state index is 13.8. The highest BCUT2D eigenvalue weighted by Crippen LogP contribution is 2.21. The van der Waals surface area contributed by atoms with E-state index in [1.807, 2.05) is 72.8 Å². The Morgan fingerprint density at radius 1 is 0.929 bits per heavy atom. The predicted molar refractivity (Wildman–Crippen MR) is 162 cm³/mol. The molecule has 8 nitrogen and oxygen atoms in total. The number of hydrogen-bond acceptors (Lipinski definition) is 4. The summed E-state index contributed by atoms with van der Waals surface area (Å²) < 4.78 is 0. The zero-order valence-corrected chi connectivity index (χ0v) is 23.5. The minimum Gasteiger partial charge on any atom is -0.342 e. The summed E-state index contributed by atoms with van der Waals surface area (Å²) in [5.74, 6) is -0.554. The van der Waals surface area contributed by atoms with Crippen molar-refractivity contribution in [3.05, 3.63) is 114 Å². The monoisotopic (exact) mass is 559 g/mol. The molecular weight excluding hydrogens is 526 g/mol. The number of benzene rings is 4. The molecule has 4 aromatic rings. The first-order chi connectivity index (χ1) is 20.4. The van der Waals surface area contributed by atoms with E-state index < -0.39 is 18.1 Å². The summed E-state index contributed by atoms with van der Waals surface area (Å²) in [4.78, 5) is 43.7. The van der Waals surface area contributed by atoms with E-state index in [2.05, 4.69) is 16.7 Å². The number of carbonyl (C=O) groups is 3. The Bertz CT molecular complexity index is 1610. The van der Waals surface area contributed by atoms with Crippen molar-refractivity contribution in [1.82, 2.24) is 15.1 Å². The summed E-state index contributed by atoms with van der Waals surface area (Å²) in [6.07, 6.45) is 1.50. The SMILES string of the molecule is CN(Cc1ccccc1)C(=O)[C@H](Cc1ccc2ccccc2c1)NC(=O)[C@@H]1CCCN1C(=O)Nc1ccc(C#N)cc1. The zero-order chi connectivity index (χ0) is 29.5. The van der Waals surface area contributed by atoms with Gasteiger partial charge < -0.3 is 20.4 Å². The Balaban J connectivity index is 1.33. The lowest BCUT2D eigenvalue weighted by Gasteiger charge is -2.29. The van der Waals surface area contributed by atoms with Crippen LogP contribution in [-0.2, 0) is 22.6 Å². The number of nitrogens with zero attached hydrogens (tertiary/aromatic N) is 3. The van der Waals surface area contributed by atoms with Gasteiger partial charge in [-0.25, -0.2) is 4.79 Å². The maximum atomic E-state index is 13.8. The van der Waals surface area contributed by atoms with E-state index >= 15 is 0 Å². The lowest BCUT2D eigenvalue weighted by atomic mass is 10.00. The number of anilines is 1. The first-order valence-corrected chi connectivity index (χ1v) is 14.1. The lowest BCUT2D eigenvalue weighted by molar-refractivity contribution is -0.136. The lowest BCUT2D eigenvalue weighted by Crippen LogP contribution is -2.54. The topological polar surface area (TPSA) is 106 Å². The number of urea groups is 1. The highest BCUT2D eigenvalue weighted by molar-refractivity contribution is 5.96. The van der Waals surface area contributed by atoms with Crippen LogP contribution in [-0.4, -0.2) is 53.3 Å². The van der Waals surface area contributed by atoms with Crippen molar-refractivity contribution in [1.29, 1.82) is 5.26 Å². The van der Waals surface area contributed by atoms with Gasteiger partial charge in [0.2, 0.25) is 11.8 Å².